The van der Waals surface area contributed by atoms with Crippen molar-refractivity contribution >= 4 is 29.9 Å². The van der Waals surface area contributed by atoms with Crippen LogP contribution in [0.2, 0.25) is 0 Å². The number of hydrogen-bond donors (Lipinski definition) is 2. The summed E-state index contributed by atoms with van der Waals surface area (Å²) in [7, 11) is 0. The van der Waals surface area contributed by atoms with Gasteiger partial charge in [-0.25, -0.2) is 9.59 Å². The van der Waals surface area contributed by atoms with Gasteiger partial charge in [0.25, 0.3) is 11.8 Å². The molecule has 8 heteroatoms. The summed E-state index contributed by atoms with van der Waals surface area (Å²) in [6.45, 7) is 3.99. The Bertz CT molecular complexity index is 1000. The van der Waals surface area contributed by atoms with E-state index in [1.54, 1.807) is 37.3 Å². The minimum Gasteiger partial charge on any atom is -0.490 e. The van der Waals surface area contributed by atoms with Crippen LogP contribution in [0.5, 0.6) is 11.5 Å². The third-order valence-electron chi connectivity index (χ3n) is 4.01. The van der Waals surface area contributed by atoms with Gasteiger partial charge in [0, 0.05) is 0 Å². The molecule has 0 aliphatic carbocycles. The molecule has 0 radical (unpaired) electrons. The molecule has 0 bridgehead atoms. The van der Waals surface area contributed by atoms with Gasteiger partial charge >= 0.3 is 12.0 Å². The molecule has 0 aromatic heterocycles. The van der Waals surface area contributed by atoms with Crippen molar-refractivity contribution in [2.75, 3.05) is 6.61 Å². The van der Waals surface area contributed by atoms with Crippen molar-refractivity contribution in [1.82, 2.24) is 10.6 Å². The third kappa shape index (κ3) is 4.67. The van der Waals surface area contributed by atoms with Crippen LogP contribution < -0.4 is 20.1 Å². The summed E-state index contributed by atoms with van der Waals surface area (Å²) in [6, 6.07) is 10.7. The first-order valence-corrected chi connectivity index (χ1v) is 8.81. The smallest absolute Gasteiger partial charge is 0.343 e. The molecule has 0 atom stereocenters. The van der Waals surface area contributed by atoms with Crippen molar-refractivity contribution in [3.63, 3.8) is 0 Å². The lowest BCUT2D eigenvalue weighted by molar-refractivity contribution is -0.123. The lowest BCUT2D eigenvalue weighted by Gasteiger charge is -2.15. The number of imide groups is 2. The Hall–Kier alpha value is -3.94. The van der Waals surface area contributed by atoms with E-state index in [-0.39, 0.29) is 17.1 Å². The highest BCUT2D eigenvalue weighted by atomic mass is 16.6. The molecule has 0 unspecified atom stereocenters. The first kappa shape index (κ1) is 19.8. The Morgan fingerprint density at radius 2 is 1.62 bits per heavy atom. The first-order valence-electron chi connectivity index (χ1n) is 8.81. The fraction of sp³-hybridized carbons (Fsp3) is 0.143. The monoisotopic (exact) mass is 394 g/mol. The summed E-state index contributed by atoms with van der Waals surface area (Å²) in [6.07, 6.45) is 1.31. The molecular weight excluding hydrogens is 376 g/mol. The van der Waals surface area contributed by atoms with E-state index in [9.17, 15) is 19.2 Å². The molecule has 148 valence electrons. The maximum Gasteiger partial charge on any atom is 0.343 e. The molecule has 3 rings (SSSR count). The van der Waals surface area contributed by atoms with Gasteiger partial charge in [0.1, 0.15) is 5.57 Å². The number of nitrogens with one attached hydrogen (secondary N) is 2. The molecule has 0 saturated carbocycles. The predicted molar refractivity (Wildman–Crippen MR) is 103 cm³/mol. The number of carbonyl (C=O) groups excluding carboxylic acids is 4. The summed E-state index contributed by atoms with van der Waals surface area (Å²) in [5.74, 6) is -1.66. The summed E-state index contributed by atoms with van der Waals surface area (Å²) in [5, 5.41) is 4.00. The zero-order valence-electron chi connectivity index (χ0n) is 15.8. The minimum atomic E-state index is -0.870. The molecule has 4 amide bonds. The van der Waals surface area contributed by atoms with E-state index < -0.39 is 23.8 Å². The quantitative estimate of drug-likeness (QED) is 0.349. The van der Waals surface area contributed by atoms with Gasteiger partial charge in [-0.1, -0.05) is 23.8 Å². The highest BCUT2D eigenvalue weighted by molar-refractivity contribution is 6.31. The van der Waals surface area contributed by atoms with Crippen LogP contribution in [0, 0.1) is 6.92 Å². The molecule has 1 aliphatic rings. The fourth-order valence-corrected chi connectivity index (χ4v) is 2.59. The molecule has 1 aliphatic heterocycles. The summed E-state index contributed by atoms with van der Waals surface area (Å²) in [5.41, 5.74) is 1.64. The number of urea groups is 1. The second kappa shape index (κ2) is 8.39. The van der Waals surface area contributed by atoms with Gasteiger partial charge < -0.3 is 9.47 Å². The van der Waals surface area contributed by atoms with E-state index in [1.807, 2.05) is 17.6 Å². The molecule has 1 heterocycles. The summed E-state index contributed by atoms with van der Waals surface area (Å²) in [4.78, 5) is 47.2. The Labute approximate surface area is 166 Å². The number of hydrogen-bond acceptors (Lipinski definition) is 6. The number of rotatable bonds is 5. The largest absolute Gasteiger partial charge is 0.490 e. The van der Waals surface area contributed by atoms with Crippen molar-refractivity contribution in [3.05, 3.63) is 64.7 Å². The molecular formula is C21H18N2O6. The van der Waals surface area contributed by atoms with Crippen LogP contribution in [0.25, 0.3) is 6.08 Å². The van der Waals surface area contributed by atoms with Crippen molar-refractivity contribution in [3.8, 4) is 11.5 Å². The zero-order valence-corrected chi connectivity index (χ0v) is 15.8. The average molecular weight is 394 g/mol. The van der Waals surface area contributed by atoms with Crippen molar-refractivity contribution in [1.29, 1.82) is 0 Å². The maximum atomic E-state index is 12.4. The molecule has 1 fully saturated rings. The van der Waals surface area contributed by atoms with Crippen LogP contribution in [0.4, 0.5) is 4.79 Å². The standard InChI is InChI=1S/C21H18N2O6/c1-3-28-17-11-13(10-15-18(24)22-21(27)23-19(15)25)6-9-16(17)29-20(26)14-7-4-12(2)5-8-14/h4-11H,3H2,1-2H3,(H2,22,23,24,25,27). The lowest BCUT2D eigenvalue weighted by Crippen LogP contribution is -2.51. The van der Waals surface area contributed by atoms with Crippen LogP contribution >= 0.6 is 0 Å². The lowest BCUT2D eigenvalue weighted by atomic mass is 10.1. The Balaban J connectivity index is 1.87. The highest BCUT2D eigenvalue weighted by Crippen LogP contribution is 2.30. The van der Waals surface area contributed by atoms with Crippen LogP contribution in [-0.4, -0.2) is 30.4 Å². The second-order valence-corrected chi connectivity index (χ2v) is 6.19. The maximum absolute atomic E-state index is 12.4. The van der Waals surface area contributed by atoms with Gasteiger partial charge in [-0.05, 0) is 49.8 Å². The van der Waals surface area contributed by atoms with Crippen molar-refractivity contribution < 1.29 is 28.7 Å². The van der Waals surface area contributed by atoms with E-state index >= 15 is 0 Å². The molecule has 29 heavy (non-hydrogen) atoms. The number of carbonyl (C=O) groups is 4. The first-order chi connectivity index (χ1) is 13.9. The molecule has 2 aromatic rings. The van der Waals surface area contributed by atoms with Gasteiger partial charge in [0.2, 0.25) is 0 Å². The summed E-state index contributed by atoms with van der Waals surface area (Å²) >= 11 is 0. The molecule has 1 saturated heterocycles. The predicted octanol–water partition coefficient (Wildman–Crippen LogP) is 2.36. The van der Waals surface area contributed by atoms with Gasteiger partial charge in [-0.3, -0.25) is 20.2 Å². The molecule has 0 spiro atoms. The van der Waals surface area contributed by atoms with Crippen LogP contribution in [0.1, 0.15) is 28.4 Å². The van der Waals surface area contributed by atoms with E-state index in [1.165, 1.54) is 18.2 Å². The molecule has 2 aromatic carbocycles. The Morgan fingerprint density at radius 3 is 2.24 bits per heavy atom. The SMILES string of the molecule is CCOc1cc(C=C2C(=O)NC(=O)NC2=O)ccc1OC(=O)c1ccc(C)cc1. The van der Waals surface area contributed by atoms with Crippen LogP contribution in [0.15, 0.2) is 48.0 Å². The van der Waals surface area contributed by atoms with Gasteiger partial charge in [0.15, 0.2) is 11.5 Å². The number of benzene rings is 2. The summed E-state index contributed by atoms with van der Waals surface area (Å²) < 4.78 is 11.0. The average Bonchev–Trinajstić information content (AvgIpc) is 2.67. The fourth-order valence-electron chi connectivity index (χ4n) is 2.59. The van der Waals surface area contributed by atoms with Gasteiger partial charge in [-0.15, -0.1) is 0 Å². The van der Waals surface area contributed by atoms with Gasteiger partial charge in [-0.2, -0.15) is 0 Å². The normalized spacial score (nSPS) is 13.4. The van der Waals surface area contributed by atoms with E-state index in [4.69, 9.17) is 9.47 Å². The zero-order chi connectivity index (χ0) is 21.0. The number of barbiturate groups is 1. The van der Waals surface area contributed by atoms with E-state index in [2.05, 4.69) is 0 Å². The molecule has 2 N–H and O–H groups in total. The number of amides is 4. The van der Waals surface area contributed by atoms with Crippen molar-refractivity contribution in [2.24, 2.45) is 0 Å². The number of aryl methyl sites for hydroxylation is 1. The second-order valence-electron chi connectivity index (χ2n) is 6.19. The van der Waals surface area contributed by atoms with Crippen molar-refractivity contribution in [2.45, 2.75) is 13.8 Å². The Kier molecular flexibility index (Phi) is 5.73. The Morgan fingerprint density at radius 1 is 0.966 bits per heavy atom. The molecule has 8 nitrogen and oxygen atoms in total. The topological polar surface area (TPSA) is 111 Å². The van der Waals surface area contributed by atoms with E-state index in [0.29, 0.717) is 17.7 Å². The van der Waals surface area contributed by atoms with Gasteiger partial charge in [0.05, 0.1) is 12.2 Å². The number of esters is 1. The van der Waals surface area contributed by atoms with Crippen LogP contribution in [-0.2, 0) is 9.59 Å². The minimum absolute atomic E-state index is 0.201. The van der Waals surface area contributed by atoms with E-state index in [0.717, 1.165) is 5.56 Å². The van der Waals surface area contributed by atoms with Crippen LogP contribution in [0.3, 0.4) is 0 Å². The number of ether oxygens (including phenoxy) is 2. The third-order valence-corrected chi connectivity index (χ3v) is 4.01. The highest BCUT2D eigenvalue weighted by Gasteiger charge is 2.27.